The van der Waals surface area contributed by atoms with Crippen molar-refractivity contribution in [2.75, 3.05) is 13.2 Å². The lowest BCUT2D eigenvalue weighted by Gasteiger charge is -2.08. The minimum atomic E-state index is 0.206. The van der Waals surface area contributed by atoms with Crippen LogP contribution in [-0.4, -0.2) is 29.3 Å². The van der Waals surface area contributed by atoms with E-state index in [0.717, 1.165) is 24.0 Å². The SMILES string of the molecule is CC(C)n1cc(C=O)c(-c2ccc3c(c2)OCCCO3)n1. The summed E-state index contributed by atoms with van der Waals surface area (Å²) < 4.78 is 13.1. The van der Waals surface area contributed by atoms with Crippen molar-refractivity contribution in [3.8, 4) is 22.8 Å². The molecule has 0 atom stereocenters. The van der Waals surface area contributed by atoms with Crippen molar-refractivity contribution in [2.45, 2.75) is 26.3 Å². The van der Waals surface area contributed by atoms with Crippen molar-refractivity contribution in [2.24, 2.45) is 0 Å². The van der Waals surface area contributed by atoms with E-state index in [9.17, 15) is 4.79 Å². The van der Waals surface area contributed by atoms with Gasteiger partial charge in [-0.2, -0.15) is 5.10 Å². The number of aromatic nitrogens is 2. The van der Waals surface area contributed by atoms with Crippen LogP contribution < -0.4 is 9.47 Å². The van der Waals surface area contributed by atoms with E-state index < -0.39 is 0 Å². The molecule has 5 heteroatoms. The minimum Gasteiger partial charge on any atom is -0.490 e. The monoisotopic (exact) mass is 286 g/mol. The maximum atomic E-state index is 11.3. The molecule has 2 aromatic rings. The van der Waals surface area contributed by atoms with Crippen LogP contribution in [0.5, 0.6) is 11.5 Å². The van der Waals surface area contributed by atoms with E-state index in [4.69, 9.17) is 9.47 Å². The zero-order valence-corrected chi connectivity index (χ0v) is 12.2. The molecule has 0 unspecified atom stereocenters. The maximum Gasteiger partial charge on any atom is 0.161 e. The van der Waals surface area contributed by atoms with Gasteiger partial charge in [0.2, 0.25) is 0 Å². The number of carbonyl (C=O) groups is 1. The van der Waals surface area contributed by atoms with Gasteiger partial charge in [-0.05, 0) is 32.0 Å². The average Bonchev–Trinajstić information content (AvgIpc) is 2.79. The smallest absolute Gasteiger partial charge is 0.161 e. The molecule has 2 heterocycles. The Labute approximate surface area is 123 Å². The molecule has 1 aliphatic rings. The fraction of sp³-hybridized carbons (Fsp3) is 0.375. The summed E-state index contributed by atoms with van der Waals surface area (Å²) in [6, 6.07) is 5.88. The van der Waals surface area contributed by atoms with Gasteiger partial charge in [-0.15, -0.1) is 0 Å². The molecule has 3 rings (SSSR count). The molecule has 0 bridgehead atoms. The third-order valence-corrected chi connectivity index (χ3v) is 3.44. The van der Waals surface area contributed by atoms with E-state index >= 15 is 0 Å². The standard InChI is InChI=1S/C16H18N2O3/c1-11(2)18-9-13(10-19)16(17-18)12-4-5-14-15(8-12)21-7-3-6-20-14/h4-5,8-11H,3,6-7H2,1-2H3. The van der Waals surface area contributed by atoms with Gasteiger partial charge in [-0.25, -0.2) is 0 Å². The molecule has 0 saturated carbocycles. The average molecular weight is 286 g/mol. The fourth-order valence-corrected chi connectivity index (χ4v) is 2.29. The lowest BCUT2D eigenvalue weighted by molar-refractivity contribution is 0.112. The van der Waals surface area contributed by atoms with Crippen molar-refractivity contribution < 1.29 is 14.3 Å². The molecule has 0 saturated heterocycles. The molecule has 0 aliphatic carbocycles. The number of nitrogens with zero attached hydrogens (tertiary/aromatic N) is 2. The van der Waals surface area contributed by atoms with Crippen molar-refractivity contribution in [1.82, 2.24) is 9.78 Å². The quantitative estimate of drug-likeness (QED) is 0.814. The van der Waals surface area contributed by atoms with Crippen LogP contribution in [0.4, 0.5) is 0 Å². The van der Waals surface area contributed by atoms with Crippen LogP contribution in [0.15, 0.2) is 24.4 Å². The Balaban J connectivity index is 2.04. The number of hydrogen-bond acceptors (Lipinski definition) is 4. The maximum absolute atomic E-state index is 11.3. The molecule has 0 fully saturated rings. The Kier molecular flexibility index (Phi) is 3.64. The zero-order valence-electron chi connectivity index (χ0n) is 12.2. The van der Waals surface area contributed by atoms with Gasteiger partial charge in [-0.3, -0.25) is 9.48 Å². The third-order valence-electron chi connectivity index (χ3n) is 3.44. The van der Waals surface area contributed by atoms with E-state index in [-0.39, 0.29) is 6.04 Å². The van der Waals surface area contributed by atoms with E-state index in [1.165, 1.54) is 0 Å². The molecule has 0 amide bonds. The van der Waals surface area contributed by atoms with Crippen LogP contribution in [0.25, 0.3) is 11.3 Å². The molecule has 21 heavy (non-hydrogen) atoms. The number of hydrogen-bond donors (Lipinski definition) is 0. The second-order valence-electron chi connectivity index (χ2n) is 5.34. The molecule has 5 nitrogen and oxygen atoms in total. The third kappa shape index (κ3) is 2.63. The summed E-state index contributed by atoms with van der Waals surface area (Å²) in [7, 11) is 0. The summed E-state index contributed by atoms with van der Waals surface area (Å²) in [5.74, 6) is 1.45. The lowest BCUT2D eigenvalue weighted by atomic mass is 10.1. The van der Waals surface area contributed by atoms with Crippen LogP contribution in [-0.2, 0) is 0 Å². The molecule has 110 valence electrons. The largest absolute Gasteiger partial charge is 0.490 e. The summed E-state index contributed by atoms with van der Waals surface area (Å²) in [6.45, 7) is 5.35. The number of aldehydes is 1. The Morgan fingerprint density at radius 1 is 1.24 bits per heavy atom. The van der Waals surface area contributed by atoms with Crippen molar-refractivity contribution in [1.29, 1.82) is 0 Å². The molecule has 0 N–H and O–H groups in total. The van der Waals surface area contributed by atoms with E-state index in [1.54, 1.807) is 10.9 Å². The van der Waals surface area contributed by atoms with Gasteiger partial charge in [-0.1, -0.05) is 0 Å². The first-order valence-electron chi connectivity index (χ1n) is 7.13. The van der Waals surface area contributed by atoms with E-state index in [2.05, 4.69) is 5.10 Å². The molecule has 1 aromatic heterocycles. The second-order valence-corrected chi connectivity index (χ2v) is 5.34. The summed E-state index contributed by atoms with van der Waals surface area (Å²) in [5.41, 5.74) is 2.12. The molecular weight excluding hydrogens is 268 g/mol. The normalized spacial score (nSPS) is 14.0. The van der Waals surface area contributed by atoms with Gasteiger partial charge in [0.25, 0.3) is 0 Å². The predicted octanol–water partition coefficient (Wildman–Crippen LogP) is 3.10. The predicted molar refractivity (Wildman–Crippen MR) is 79.0 cm³/mol. The summed E-state index contributed by atoms with van der Waals surface area (Å²) in [4.78, 5) is 11.3. The minimum absolute atomic E-state index is 0.206. The van der Waals surface area contributed by atoms with Crippen LogP contribution in [0.3, 0.4) is 0 Å². The Morgan fingerprint density at radius 3 is 2.71 bits per heavy atom. The van der Waals surface area contributed by atoms with Gasteiger partial charge >= 0.3 is 0 Å². The highest BCUT2D eigenvalue weighted by Gasteiger charge is 2.16. The zero-order chi connectivity index (χ0) is 14.8. The molecule has 1 aliphatic heterocycles. The van der Waals surface area contributed by atoms with Crippen LogP contribution >= 0.6 is 0 Å². The Bertz CT molecular complexity index is 662. The highest BCUT2D eigenvalue weighted by molar-refractivity contribution is 5.85. The highest BCUT2D eigenvalue weighted by atomic mass is 16.5. The van der Waals surface area contributed by atoms with E-state index in [1.807, 2.05) is 32.0 Å². The van der Waals surface area contributed by atoms with Gasteiger partial charge in [0.05, 0.1) is 18.8 Å². The Hall–Kier alpha value is -2.30. The van der Waals surface area contributed by atoms with Crippen molar-refractivity contribution in [3.05, 3.63) is 30.0 Å². The van der Waals surface area contributed by atoms with Gasteiger partial charge in [0, 0.05) is 24.2 Å². The summed E-state index contributed by atoms with van der Waals surface area (Å²) in [5, 5.41) is 4.51. The first kappa shape index (κ1) is 13.7. The number of ether oxygens (including phenoxy) is 2. The van der Waals surface area contributed by atoms with Gasteiger partial charge < -0.3 is 9.47 Å². The second kappa shape index (κ2) is 5.60. The highest BCUT2D eigenvalue weighted by Crippen LogP contribution is 2.34. The summed E-state index contributed by atoms with van der Waals surface area (Å²) >= 11 is 0. The molecule has 1 aromatic carbocycles. The topological polar surface area (TPSA) is 53.4 Å². The van der Waals surface area contributed by atoms with Crippen LogP contribution in [0.1, 0.15) is 36.7 Å². The summed E-state index contributed by atoms with van der Waals surface area (Å²) in [6.07, 6.45) is 3.48. The number of carbonyl (C=O) groups excluding carboxylic acids is 1. The van der Waals surface area contributed by atoms with Crippen LogP contribution in [0.2, 0.25) is 0 Å². The lowest BCUT2D eigenvalue weighted by Crippen LogP contribution is -2.00. The number of fused-ring (bicyclic) bond motifs is 1. The number of rotatable bonds is 3. The Morgan fingerprint density at radius 2 is 2.00 bits per heavy atom. The van der Waals surface area contributed by atoms with E-state index in [0.29, 0.717) is 30.2 Å². The first-order chi connectivity index (χ1) is 10.2. The van der Waals surface area contributed by atoms with Crippen molar-refractivity contribution in [3.63, 3.8) is 0 Å². The first-order valence-corrected chi connectivity index (χ1v) is 7.13. The van der Waals surface area contributed by atoms with Crippen LogP contribution in [0, 0.1) is 0 Å². The van der Waals surface area contributed by atoms with Crippen molar-refractivity contribution >= 4 is 6.29 Å². The molecule has 0 radical (unpaired) electrons. The fourth-order valence-electron chi connectivity index (χ4n) is 2.29. The molecular formula is C16H18N2O3. The molecule has 0 spiro atoms. The van der Waals surface area contributed by atoms with Gasteiger partial charge in [0.15, 0.2) is 17.8 Å². The van der Waals surface area contributed by atoms with Gasteiger partial charge in [0.1, 0.15) is 5.69 Å². The number of benzene rings is 1.